The second-order valence-corrected chi connectivity index (χ2v) is 3.88. The van der Waals surface area contributed by atoms with Gasteiger partial charge in [0.2, 0.25) is 0 Å². The van der Waals surface area contributed by atoms with E-state index in [1.165, 1.54) is 0 Å². The summed E-state index contributed by atoms with van der Waals surface area (Å²) < 4.78 is 1.05. The van der Waals surface area contributed by atoms with E-state index in [4.69, 9.17) is 5.26 Å². The average molecular weight is 280 g/mol. The van der Waals surface area contributed by atoms with Crippen molar-refractivity contribution in [2.24, 2.45) is 0 Å². The Kier molecular flexibility index (Phi) is 2.15. The van der Waals surface area contributed by atoms with E-state index >= 15 is 0 Å². The fourth-order valence-electron chi connectivity index (χ4n) is 1.22. The summed E-state index contributed by atoms with van der Waals surface area (Å²) in [7, 11) is 0. The molecule has 2 rings (SSSR count). The second-order valence-electron chi connectivity index (χ2n) is 2.64. The van der Waals surface area contributed by atoms with Gasteiger partial charge in [-0.2, -0.15) is 5.26 Å². The summed E-state index contributed by atoms with van der Waals surface area (Å²) in [5.74, 6) is 0. The van der Waals surface area contributed by atoms with E-state index in [1.54, 1.807) is 12.3 Å². The molecular formula is C10H5IN2. The molecule has 0 spiro atoms. The molecule has 0 aliphatic carbocycles. The van der Waals surface area contributed by atoms with Crippen LogP contribution in [0, 0.1) is 14.9 Å². The zero-order chi connectivity index (χ0) is 9.26. The minimum absolute atomic E-state index is 0.684. The van der Waals surface area contributed by atoms with Gasteiger partial charge in [-0.05, 0) is 40.8 Å². The van der Waals surface area contributed by atoms with Crippen molar-refractivity contribution in [3.63, 3.8) is 0 Å². The molecule has 0 N–H and O–H groups in total. The highest BCUT2D eigenvalue weighted by Gasteiger charge is 2.00. The van der Waals surface area contributed by atoms with E-state index in [-0.39, 0.29) is 0 Å². The van der Waals surface area contributed by atoms with Crippen molar-refractivity contribution < 1.29 is 0 Å². The van der Waals surface area contributed by atoms with E-state index in [2.05, 4.69) is 33.6 Å². The smallest absolute Gasteiger partial charge is 0.0998 e. The summed E-state index contributed by atoms with van der Waals surface area (Å²) in [4.78, 5) is 4.23. The molecule has 62 valence electrons. The van der Waals surface area contributed by atoms with Gasteiger partial charge in [-0.15, -0.1) is 0 Å². The van der Waals surface area contributed by atoms with Crippen LogP contribution in [0.25, 0.3) is 10.9 Å². The number of nitriles is 1. The molecule has 1 aromatic heterocycles. The predicted octanol–water partition coefficient (Wildman–Crippen LogP) is 2.71. The summed E-state index contributed by atoms with van der Waals surface area (Å²) in [5, 5.41) is 9.77. The first kappa shape index (κ1) is 8.45. The number of fused-ring (bicyclic) bond motifs is 1. The quantitative estimate of drug-likeness (QED) is 0.696. The van der Waals surface area contributed by atoms with Gasteiger partial charge >= 0.3 is 0 Å². The van der Waals surface area contributed by atoms with Gasteiger partial charge in [0.25, 0.3) is 0 Å². The maximum absolute atomic E-state index is 8.85. The summed E-state index contributed by atoms with van der Waals surface area (Å²) >= 11 is 2.19. The summed E-state index contributed by atoms with van der Waals surface area (Å²) in [6.45, 7) is 0. The molecule has 0 unspecified atom stereocenters. The molecule has 2 nitrogen and oxygen atoms in total. The largest absolute Gasteiger partial charge is 0.255 e. The van der Waals surface area contributed by atoms with Gasteiger partial charge in [0, 0.05) is 15.2 Å². The summed E-state index contributed by atoms with van der Waals surface area (Å²) in [6, 6.07) is 9.69. The number of hydrogen-bond donors (Lipinski definition) is 0. The number of hydrogen-bond acceptors (Lipinski definition) is 2. The Balaban J connectivity index is 2.89. The van der Waals surface area contributed by atoms with Crippen molar-refractivity contribution in [2.45, 2.75) is 0 Å². The Labute approximate surface area is 89.4 Å². The van der Waals surface area contributed by atoms with Crippen LogP contribution in [0.5, 0.6) is 0 Å². The Hall–Kier alpha value is -1.15. The highest BCUT2D eigenvalue weighted by atomic mass is 127. The fourth-order valence-corrected chi connectivity index (χ4v) is 1.67. The van der Waals surface area contributed by atoms with Crippen molar-refractivity contribution >= 4 is 33.5 Å². The maximum Gasteiger partial charge on any atom is 0.0998 e. The van der Waals surface area contributed by atoms with Gasteiger partial charge in [-0.25, -0.2) is 0 Å². The van der Waals surface area contributed by atoms with E-state index < -0.39 is 0 Å². The molecule has 0 bridgehead atoms. The van der Waals surface area contributed by atoms with Crippen LogP contribution in [0.3, 0.4) is 0 Å². The van der Waals surface area contributed by atoms with Crippen LogP contribution in [0.2, 0.25) is 0 Å². The third-order valence-corrected chi connectivity index (χ3v) is 2.40. The second kappa shape index (κ2) is 3.30. The molecule has 0 atom stereocenters. The predicted molar refractivity (Wildman–Crippen MR) is 59.2 cm³/mol. The summed E-state index contributed by atoms with van der Waals surface area (Å²) in [5.41, 5.74) is 1.56. The number of aromatic nitrogens is 1. The van der Waals surface area contributed by atoms with E-state index in [1.807, 2.05) is 18.2 Å². The zero-order valence-corrected chi connectivity index (χ0v) is 8.82. The van der Waals surface area contributed by atoms with Crippen LogP contribution in [0.1, 0.15) is 5.56 Å². The van der Waals surface area contributed by atoms with Crippen molar-refractivity contribution in [2.75, 3.05) is 0 Å². The van der Waals surface area contributed by atoms with Gasteiger partial charge in [0.1, 0.15) is 0 Å². The standard InChI is InChI=1S/C10H5IN2/c11-8-4-9-7(5-12)2-1-3-10(9)13-6-8/h1-4,6H. The minimum Gasteiger partial charge on any atom is -0.255 e. The van der Waals surface area contributed by atoms with E-state index in [9.17, 15) is 0 Å². The van der Waals surface area contributed by atoms with Crippen molar-refractivity contribution in [1.29, 1.82) is 5.26 Å². The van der Waals surface area contributed by atoms with Crippen LogP contribution < -0.4 is 0 Å². The third kappa shape index (κ3) is 1.49. The lowest BCUT2D eigenvalue weighted by Crippen LogP contribution is -1.83. The number of halogens is 1. The molecule has 2 aromatic rings. The van der Waals surface area contributed by atoms with Crippen LogP contribution in [-0.2, 0) is 0 Å². The lowest BCUT2D eigenvalue weighted by molar-refractivity contribution is 1.38. The van der Waals surface area contributed by atoms with Gasteiger partial charge < -0.3 is 0 Å². The molecule has 0 saturated carbocycles. The van der Waals surface area contributed by atoms with Gasteiger partial charge in [0.05, 0.1) is 17.1 Å². The van der Waals surface area contributed by atoms with Crippen LogP contribution >= 0.6 is 22.6 Å². The Morgan fingerprint density at radius 1 is 1.38 bits per heavy atom. The first-order chi connectivity index (χ1) is 6.31. The lowest BCUT2D eigenvalue weighted by Gasteiger charge is -1.98. The number of benzene rings is 1. The molecule has 13 heavy (non-hydrogen) atoms. The van der Waals surface area contributed by atoms with Gasteiger partial charge in [-0.3, -0.25) is 4.98 Å². The van der Waals surface area contributed by atoms with Gasteiger partial charge in [-0.1, -0.05) is 6.07 Å². The Morgan fingerprint density at radius 3 is 3.00 bits per heavy atom. The van der Waals surface area contributed by atoms with E-state index in [0.717, 1.165) is 14.5 Å². The normalized spacial score (nSPS) is 9.85. The third-order valence-electron chi connectivity index (χ3n) is 1.81. The molecular weight excluding hydrogens is 275 g/mol. The highest BCUT2D eigenvalue weighted by Crippen LogP contribution is 2.18. The Morgan fingerprint density at radius 2 is 2.23 bits per heavy atom. The van der Waals surface area contributed by atoms with E-state index in [0.29, 0.717) is 5.56 Å². The SMILES string of the molecule is N#Cc1cccc2ncc(I)cc12. The number of rotatable bonds is 0. The van der Waals surface area contributed by atoms with Crippen LogP contribution in [0.4, 0.5) is 0 Å². The van der Waals surface area contributed by atoms with Crippen LogP contribution in [-0.4, -0.2) is 4.98 Å². The van der Waals surface area contributed by atoms with Crippen LogP contribution in [0.15, 0.2) is 30.5 Å². The molecule has 0 aliphatic rings. The molecule has 1 heterocycles. The molecule has 3 heteroatoms. The summed E-state index contributed by atoms with van der Waals surface area (Å²) in [6.07, 6.45) is 1.80. The zero-order valence-electron chi connectivity index (χ0n) is 6.66. The molecule has 0 radical (unpaired) electrons. The lowest BCUT2D eigenvalue weighted by atomic mass is 10.1. The molecule has 0 saturated heterocycles. The fraction of sp³-hybridized carbons (Fsp3) is 0. The molecule has 1 aromatic carbocycles. The maximum atomic E-state index is 8.85. The molecule has 0 fully saturated rings. The Bertz CT molecular complexity index is 500. The van der Waals surface area contributed by atoms with Crippen molar-refractivity contribution in [3.05, 3.63) is 39.6 Å². The average Bonchev–Trinajstić information content (AvgIpc) is 2.17. The van der Waals surface area contributed by atoms with Crippen molar-refractivity contribution in [1.82, 2.24) is 4.98 Å². The minimum atomic E-state index is 0.684. The first-order valence-corrected chi connectivity index (χ1v) is 4.83. The number of nitrogens with zero attached hydrogens (tertiary/aromatic N) is 2. The van der Waals surface area contributed by atoms with Gasteiger partial charge in [0.15, 0.2) is 0 Å². The van der Waals surface area contributed by atoms with Crippen molar-refractivity contribution in [3.8, 4) is 6.07 Å². The first-order valence-electron chi connectivity index (χ1n) is 3.75. The monoisotopic (exact) mass is 280 g/mol. The molecule has 0 amide bonds. The topological polar surface area (TPSA) is 36.7 Å². The number of pyridine rings is 1. The highest BCUT2D eigenvalue weighted by molar-refractivity contribution is 14.1. The molecule has 0 aliphatic heterocycles.